The van der Waals surface area contributed by atoms with E-state index in [2.05, 4.69) is 15.5 Å². The Morgan fingerprint density at radius 1 is 1.28 bits per heavy atom. The highest BCUT2D eigenvalue weighted by atomic mass is 32.2. The first kappa shape index (κ1) is 24.3. The van der Waals surface area contributed by atoms with Gasteiger partial charge in [0.2, 0.25) is 11.8 Å². The molecular weight excluding hydrogens is 447 g/mol. The van der Waals surface area contributed by atoms with Gasteiger partial charge in [-0.1, -0.05) is 18.7 Å². The third-order valence-electron chi connectivity index (χ3n) is 4.99. The summed E-state index contributed by atoms with van der Waals surface area (Å²) < 4.78 is 50.6. The van der Waals surface area contributed by atoms with Crippen molar-refractivity contribution in [2.75, 3.05) is 56.4 Å². The lowest BCUT2D eigenvalue weighted by Crippen LogP contribution is -2.37. The van der Waals surface area contributed by atoms with Crippen molar-refractivity contribution in [3.63, 3.8) is 0 Å². The fourth-order valence-electron chi connectivity index (χ4n) is 3.38. The summed E-state index contributed by atoms with van der Waals surface area (Å²) in [6.45, 7) is 3.98. The van der Waals surface area contributed by atoms with Gasteiger partial charge in [-0.05, 0) is 38.7 Å². The van der Waals surface area contributed by atoms with E-state index in [0.717, 1.165) is 30.3 Å². The number of aromatic nitrogens is 2. The van der Waals surface area contributed by atoms with E-state index < -0.39 is 17.6 Å². The van der Waals surface area contributed by atoms with Crippen LogP contribution in [0.1, 0.15) is 30.8 Å². The fourth-order valence-corrected chi connectivity index (χ4v) is 3.95. The van der Waals surface area contributed by atoms with Gasteiger partial charge in [-0.15, -0.1) is 10.2 Å². The minimum atomic E-state index is -4.51. The average molecular weight is 474 g/mol. The zero-order valence-corrected chi connectivity index (χ0v) is 18.9. The highest BCUT2D eigenvalue weighted by Gasteiger charge is 2.32. The van der Waals surface area contributed by atoms with Gasteiger partial charge in [0.05, 0.1) is 41.9 Å². The fraction of sp³-hybridized carbons (Fsp3) is 0.550. The summed E-state index contributed by atoms with van der Waals surface area (Å²) in [6.07, 6.45) is -3.74. The van der Waals surface area contributed by atoms with E-state index >= 15 is 0 Å². The molecule has 0 radical (unpaired) electrons. The van der Waals surface area contributed by atoms with Crippen LogP contribution in [0.15, 0.2) is 27.8 Å². The Balaban J connectivity index is 1.70. The van der Waals surface area contributed by atoms with Gasteiger partial charge in [0, 0.05) is 13.1 Å². The van der Waals surface area contributed by atoms with E-state index in [-0.39, 0.29) is 22.7 Å². The number of amides is 1. The second kappa shape index (κ2) is 10.5. The molecule has 1 saturated heterocycles. The number of alkyl halides is 3. The van der Waals surface area contributed by atoms with Crippen LogP contribution in [0.5, 0.6) is 0 Å². The molecule has 1 N–H and O–H groups in total. The standard InChI is InChI=1S/C20H26F3N5O3S/c1-4-15(27(2)3)18-25-26-19(31-18)32-12-17(29)24-14-11-13(20(21,22)23)5-6-16(14)28-7-9-30-10-8-28/h5-6,11,15H,4,7-10,12H2,1-3H3,(H,24,29). The molecule has 0 aliphatic carbocycles. The van der Waals surface area contributed by atoms with Crippen LogP contribution in [0.4, 0.5) is 24.5 Å². The normalized spacial score (nSPS) is 15.8. The molecule has 32 heavy (non-hydrogen) atoms. The van der Waals surface area contributed by atoms with E-state index in [1.54, 1.807) is 0 Å². The van der Waals surface area contributed by atoms with Crippen LogP contribution in [0, 0.1) is 0 Å². The maximum atomic E-state index is 13.2. The molecule has 176 valence electrons. The molecule has 1 aliphatic rings. The number of hydrogen-bond donors (Lipinski definition) is 1. The molecule has 1 unspecified atom stereocenters. The van der Waals surface area contributed by atoms with Gasteiger partial charge < -0.3 is 19.4 Å². The van der Waals surface area contributed by atoms with Crippen LogP contribution in [0.2, 0.25) is 0 Å². The zero-order chi connectivity index (χ0) is 23.3. The number of ether oxygens (including phenoxy) is 1. The molecule has 0 bridgehead atoms. The Hall–Kier alpha value is -2.31. The molecule has 1 aromatic carbocycles. The minimum Gasteiger partial charge on any atom is -0.414 e. The Morgan fingerprint density at radius 3 is 2.62 bits per heavy atom. The number of thioether (sulfide) groups is 1. The van der Waals surface area contributed by atoms with Crippen molar-refractivity contribution in [1.82, 2.24) is 15.1 Å². The Labute approximate surface area is 188 Å². The van der Waals surface area contributed by atoms with Crippen molar-refractivity contribution in [3.8, 4) is 0 Å². The number of nitrogens with one attached hydrogen (secondary N) is 1. The van der Waals surface area contributed by atoms with Crippen LogP contribution >= 0.6 is 11.8 Å². The quantitative estimate of drug-likeness (QED) is 0.582. The number of hydrogen-bond acceptors (Lipinski definition) is 8. The van der Waals surface area contributed by atoms with Gasteiger partial charge >= 0.3 is 6.18 Å². The second-order valence-electron chi connectivity index (χ2n) is 7.46. The van der Waals surface area contributed by atoms with Crippen LogP contribution in [0.25, 0.3) is 0 Å². The summed E-state index contributed by atoms with van der Waals surface area (Å²) in [7, 11) is 3.81. The lowest BCUT2D eigenvalue weighted by Gasteiger charge is -2.31. The summed E-state index contributed by atoms with van der Waals surface area (Å²) in [5, 5.41) is 10.8. The summed E-state index contributed by atoms with van der Waals surface area (Å²) >= 11 is 1.03. The van der Waals surface area contributed by atoms with Crippen LogP contribution in [0.3, 0.4) is 0 Å². The Morgan fingerprint density at radius 2 is 2.00 bits per heavy atom. The predicted molar refractivity (Wildman–Crippen MR) is 115 cm³/mol. The van der Waals surface area contributed by atoms with Gasteiger partial charge in [0.15, 0.2) is 0 Å². The number of benzene rings is 1. The van der Waals surface area contributed by atoms with Crippen molar-refractivity contribution < 1.29 is 27.1 Å². The highest BCUT2D eigenvalue weighted by Crippen LogP contribution is 2.36. The predicted octanol–water partition coefficient (Wildman–Crippen LogP) is 3.67. The maximum absolute atomic E-state index is 13.2. The van der Waals surface area contributed by atoms with Crippen molar-refractivity contribution in [2.45, 2.75) is 30.8 Å². The summed E-state index contributed by atoms with van der Waals surface area (Å²) in [5.74, 6) is -0.102. The van der Waals surface area contributed by atoms with Gasteiger partial charge in [0.25, 0.3) is 5.22 Å². The van der Waals surface area contributed by atoms with E-state index in [1.165, 1.54) is 6.07 Å². The van der Waals surface area contributed by atoms with Crippen molar-refractivity contribution >= 4 is 29.0 Å². The third-order valence-corrected chi connectivity index (χ3v) is 5.81. The number of nitrogens with zero attached hydrogens (tertiary/aromatic N) is 4. The molecule has 2 aromatic rings. The number of carbonyl (C=O) groups is 1. The first-order valence-corrected chi connectivity index (χ1v) is 11.1. The lowest BCUT2D eigenvalue weighted by molar-refractivity contribution is -0.137. The molecule has 8 nitrogen and oxygen atoms in total. The third kappa shape index (κ3) is 6.14. The second-order valence-corrected chi connectivity index (χ2v) is 8.39. The summed E-state index contributed by atoms with van der Waals surface area (Å²) in [5.41, 5.74) is -0.193. The summed E-state index contributed by atoms with van der Waals surface area (Å²) in [6, 6.07) is 3.32. The van der Waals surface area contributed by atoms with Crippen molar-refractivity contribution in [3.05, 3.63) is 29.7 Å². The molecule has 1 fully saturated rings. The van der Waals surface area contributed by atoms with Crippen LogP contribution < -0.4 is 10.2 Å². The smallest absolute Gasteiger partial charge is 0.414 e. The molecule has 0 spiro atoms. The molecule has 3 rings (SSSR count). The lowest BCUT2D eigenvalue weighted by atomic mass is 10.1. The zero-order valence-electron chi connectivity index (χ0n) is 18.1. The first-order valence-electron chi connectivity index (χ1n) is 10.2. The van der Waals surface area contributed by atoms with Gasteiger partial charge in [0.1, 0.15) is 0 Å². The van der Waals surface area contributed by atoms with E-state index in [1.807, 2.05) is 30.8 Å². The first-order chi connectivity index (χ1) is 15.2. The molecule has 1 aromatic heterocycles. The SMILES string of the molecule is CCC(c1nnc(SCC(=O)Nc2cc(C(F)(F)F)ccc2N2CCOCC2)o1)N(C)C. The topological polar surface area (TPSA) is 83.7 Å². The number of rotatable bonds is 8. The van der Waals surface area contributed by atoms with E-state index in [4.69, 9.17) is 9.15 Å². The van der Waals surface area contributed by atoms with Gasteiger partial charge in [-0.2, -0.15) is 13.2 Å². The molecule has 12 heteroatoms. The van der Waals surface area contributed by atoms with Gasteiger partial charge in [-0.3, -0.25) is 9.69 Å². The van der Waals surface area contributed by atoms with Crippen molar-refractivity contribution in [2.24, 2.45) is 0 Å². The Kier molecular flexibility index (Phi) is 8.01. The van der Waals surface area contributed by atoms with E-state index in [9.17, 15) is 18.0 Å². The number of carbonyl (C=O) groups excluding carboxylic acids is 1. The molecule has 1 atom stereocenters. The number of halogens is 3. The highest BCUT2D eigenvalue weighted by molar-refractivity contribution is 7.99. The molecule has 0 saturated carbocycles. The molecular formula is C20H26F3N5O3S. The number of anilines is 2. The van der Waals surface area contributed by atoms with Crippen LogP contribution in [-0.2, 0) is 15.7 Å². The Bertz CT molecular complexity index is 916. The average Bonchev–Trinajstić information content (AvgIpc) is 3.21. The summed E-state index contributed by atoms with van der Waals surface area (Å²) in [4.78, 5) is 16.4. The van der Waals surface area contributed by atoms with Crippen LogP contribution in [-0.4, -0.2) is 67.2 Å². The molecule has 1 amide bonds. The minimum absolute atomic E-state index is 0.0353. The maximum Gasteiger partial charge on any atom is 0.416 e. The van der Waals surface area contributed by atoms with E-state index in [0.29, 0.717) is 37.9 Å². The molecule has 2 heterocycles. The monoisotopic (exact) mass is 473 g/mol. The van der Waals surface area contributed by atoms with Crippen molar-refractivity contribution in [1.29, 1.82) is 0 Å². The number of morpholine rings is 1. The molecule has 1 aliphatic heterocycles. The largest absolute Gasteiger partial charge is 0.416 e. The van der Waals surface area contributed by atoms with Gasteiger partial charge in [-0.25, -0.2) is 0 Å².